The second-order valence-corrected chi connectivity index (χ2v) is 4.32. The van der Waals surface area contributed by atoms with Gasteiger partial charge in [-0.05, 0) is 26.9 Å². The van der Waals surface area contributed by atoms with Crippen molar-refractivity contribution >= 4 is 5.97 Å². The first-order valence-corrected chi connectivity index (χ1v) is 4.55. The topological polar surface area (TPSA) is 40.5 Å². The highest BCUT2D eigenvalue weighted by Gasteiger charge is 2.48. The zero-order chi connectivity index (χ0) is 11.0. The van der Waals surface area contributed by atoms with Crippen LogP contribution >= 0.6 is 0 Å². The number of carboxylic acids is 1. The van der Waals surface area contributed by atoms with Crippen LogP contribution in [0, 0.1) is 5.41 Å². The number of carbonyl (C=O) groups is 1. The van der Waals surface area contributed by atoms with Crippen molar-refractivity contribution < 1.29 is 18.7 Å². The second-order valence-electron chi connectivity index (χ2n) is 4.32. The van der Waals surface area contributed by atoms with Gasteiger partial charge in [0.1, 0.15) is 0 Å². The van der Waals surface area contributed by atoms with E-state index in [1.54, 1.807) is 11.9 Å². The van der Waals surface area contributed by atoms with Crippen molar-refractivity contribution in [1.29, 1.82) is 0 Å². The van der Waals surface area contributed by atoms with Crippen LogP contribution < -0.4 is 0 Å². The van der Waals surface area contributed by atoms with Crippen molar-refractivity contribution in [3.05, 3.63) is 0 Å². The van der Waals surface area contributed by atoms with Gasteiger partial charge in [-0.1, -0.05) is 0 Å². The summed E-state index contributed by atoms with van der Waals surface area (Å²) in [5.41, 5.74) is -1.26. The van der Waals surface area contributed by atoms with Gasteiger partial charge in [-0.3, -0.25) is 4.79 Å². The van der Waals surface area contributed by atoms with E-state index >= 15 is 0 Å². The first-order chi connectivity index (χ1) is 6.25. The predicted octanol–water partition coefficient (Wildman–Crippen LogP) is 1.44. The molecule has 0 aromatic carbocycles. The summed E-state index contributed by atoms with van der Waals surface area (Å²) < 4.78 is 25.6. The minimum absolute atomic E-state index is 0.214. The van der Waals surface area contributed by atoms with Crippen molar-refractivity contribution in [1.82, 2.24) is 4.90 Å². The molecule has 1 rings (SSSR count). The number of halogens is 2. The third kappa shape index (κ3) is 2.41. The average Bonchev–Trinajstić information content (AvgIpc) is 2.29. The van der Waals surface area contributed by atoms with Gasteiger partial charge in [0.25, 0.3) is 0 Å². The zero-order valence-corrected chi connectivity index (χ0v) is 8.39. The molecule has 1 heterocycles. The highest BCUT2D eigenvalue weighted by molar-refractivity contribution is 5.75. The first-order valence-electron chi connectivity index (χ1n) is 4.55. The Labute approximate surface area is 81.7 Å². The van der Waals surface area contributed by atoms with E-state index in [0.717, 1.165) is 6.92 Å². The molecule has 14 heavy (non-hydrogen) atoms. The van der Waals surface area contributed by atoms with Crippen LogP contribution in [-0.2, 0) is 4.79 Å². The van der Waals surface area contributed by atoms with Crippen LogP contribution in [0.2, 0.25) is 0 Å². The van der Waals surface area contributed by atoms with Crippen LogP contribution in [-0.4, -0.2) is 42.0 Å². The van der Waals surface area contributed by atoms with Gasteiger partial charge < -0.3 is 10.0 Å². The molecular weight excluding hydrogens is 192 g/mol. The standard InChI is InChI=1S/C9H15F2NO2/c1-8(10,11)5-9(7(13)14)3-4-12(2)6-9/h3-6H2,1-2H3,(H,13,14). The summed E-state index contributed by atoms with van der Waals surface area (Å²) in [5.74, 6) is -4.02. The number of nitrogens with zero attached hydrogens (tertiary/aromatic N) is 1. The third-order valence-electron chi connectivity index (χ3n) is 2.65. The monoisotopic (exact) mass is 207 g/mol. The summed E-state index contributed by atoms with van der Waals surface area (Å²) >= 11 is 0. The van der Waals surface area contributed by atoms with Gasteiger partial charge in [0.15, 0.2) is 0 Å². The Morgan fingerprint density at radius 2 is 2.21 bits per heavy atom. The number of hydrogen-bond acceptors (Lipinski definition) is 2. The maximum Gasteiger partial charge on any atom is 0.311 e. The molecule has 1 saturated heterocycles. The molecule has 1 unspecified atom stereocenters. The van der Waals surface area contributed by atoms with E-state index < -0.39 is 23.7 Å². The first kappa shape index (κ1) is 11.4. The molecule has 0 amide bonds. The van der Waals surface area contributed by atoms with Crippen molar-refractivity contribution in [3.8, 4) is 0 Å². The van der Waals surface area contributed by atoms with Crippen LogP contribution in [0.15, 0.2) is 0 Å². The number of aliphatic carboxylic acids is 1. The summed E-state index contributed by atoms with van der Waals surface area (Å²) in [7, 11) is 1.75. The molecule has 0 bridgehead atoms. The van der Waals surface area contributed by atoms with Crippen molar-refractivity contribution in [2.45, 2.75) is 25.7 Å². The van der Waals surface area contributed by atoms with Crippen LogP contribution in [0.3, 0.4) is 0 Å². The number of carboxylic acid groups (broad SMARTS) is 1. The van der Waals surface area contributed by atoms with Crippen molar-refractivity contribution in [2.75, 3.05) is 20.1 Å². The molecule has 0 aromatic heterocycles. The van der Waals surface area contributed by atoms with Gasteiger partial charge in [-0.25, -0.2) is 8.78 Å². The minimum atomic E-state index is -2.91. The fourth-order valence-electron chi connectivity index (χ4n) is 2.07. The second kappa shape index (κ2) is 3.46. The van der Waals surface area contributed by atoms with Gasteiger partial charge in [0.05, 0.1) is 5.41 Å². The summed E-state index contributed by atoms with van der Waals surface area (Å²) in [6.07, 6.45) is -0.262. The summed E-state index contributed by atoms with van der Waals surface area (Å²) in [6, 6.07) is 0. The molecule has 1 aliphatic heterocycles. The Morgan fingerprint density at radius 3 is 2.50 bits per heavy atom. The summed E-state index contributed by atoms with van der Waals surface area (Å²) in [6.45, 7) is 1.56. The molecule has 0 radical (unpaired) electrons. The Morgan fingerprint density at radius 1 is 1.64 bits per heavy atom. The van der Waals surface area contributed by atoms with E-state index in [4.69, 9.17) is 5.11 Å². The molecule has 0 aliphatic carbocycles. The lowest BCUT2D eigenvalue weighted by Crippen LogP contribution is -2.38. The maximum atomic E-state index is 12.8. The van der Waals surface area contributed by atoms with Crippen LogP contribution in [0.1, 0.15) is 19.8 Å². The quantitative estimate of drug-likeness (QED) is 0.761. The Hall–Kier alpha value is -0.710. The Kier molecular flexibility index (Phi) is 2.81. The lowest BCUT2D eigenvalue weighted by Gasteiger charge is -2.26. The summed E-state index contributed by atoms with van der Waals surface area (Å²) in [5, 5.41) is 8.98. The van der Waals surface area contributed by atoms with Gasteiger partial charge >= 0.3 is 5.97 Å². The van der Waals surface area contributed by atoms with Crippen molar-refractivity contribution in [3.63, 3.8) is 0 Å². The maximum absolute atomic E-state index is 12.8. The predicted molar refractivity (Wildman–Crippen MR) is 47.4 cm³/mol. The average molecular weight is 207 g/mol. The molecule has 5 heteroatoms. The molecule has 1 aliphatic rings. The molecule has 0 saturated carbocycles. The van der Waals surface area contributed by atoms with E-state index in [1.165, 1.54) is 0 Å². The van der Waals surface area contributed by atoms with Gasteiger partial charge in [0, 0.05) is 13.0 Å². The molecule has 1 atom stereocenters. The zero-order valence-electron chi connectivity index (χ0n) is 8.39. The largest absolute Gasteiger partial charge is 0.481 e. The molecule has 82 valence electrons. The van der Waals surface area contributed by atoms with Crippen molar-refractivity contribution in [2.24, 2.45) is 5.41 Å². The lowest BCUT2D eigenvalue weighted by atomic mass is 9.81. The molecular formula is C9H15F2NO2. The van der Waals surface area contributed by atoms with Crippen LogP contribution in [0.5, 0.6) is 0 Å². The van der Waals surface area contributed by atoms with Gasteiger partial charge in [-0.15, -0.1) is 0 Å². The number of rotatable bonds is 3. The normalized spacial score (nSPS) is 29.4. The molecule has 3 nitrogen and oxygen atoms in total. The van der Waals surface area contributed by atoms with Gasteiger partial charge in [-0.2, -0.15) is 0 Å². The molecule has 0 spiro atoms. The fraction of sp³-hybridized carbons (Fsp3) is 0.889. The summed E-state index contributed by atoms with van der Waals surface area (Å²) in [4.78, 5) is 12.8. The molecule has 0 aromatic rings. The Balaban J connectivity index is 2.79. The fourth-order valence-corrected chi connectivity index (χ4v) is 2.07. The molecule has 1 N–H and O–H groups in total. The number of hydrogen-bond donors (Lipinski definition) is 1. The van der Waals surface area contributed by atoms with Gasteiger partial charge in [0.2, 0.25) is 5.92 Å². The van der Waals surface area contributed by atoms with E-state index in [-0.39, 0.29) is 6.54 Å². The van der Waals surface area contributed by atoms with Crippen LogP contribution in [0.4, 0.5) is 8.78 Å². The number of likely N-dealkylation sites (tertiary alicyclic amines) is 1. The highest BCUT2D eigenvalue weighted by Crippen LogP contribution is 2.39. The third-order valence-corrected chi connectivity index (χ3v) is 2.65. The van der Waals surface area contributed by atoms with E-state index in [2.05, 4.69) is 0 Å². The molecule has 1 fully saturated rings. The highest BCUT2D eigenvalue weighted by atomic mass is 19.3. The smallest absolute Gasteiger partial charge is 0.311 e. The number of alkyl halides is 2. The van der Waals surface area contributed by atoms with E-state index in [1.807, 2.05) is 0 Å². The van der Waals surface area contributed by atoms with E-state index in [0.29, 0.717) is 13.0 Å². The lowest BCUT2D eigenvalue weighted by molar-refractivity contribution is -0.153. The Bertz CT molecular complexity index is 239. The SMILES string of the molecule is CN1CCC(CC(C)(F)F)(C(=O)O)C1. The van der Waals surface area contributed by atoms with E-state index in [9.17, 15) is 13.6 Å². The minimum Gasteiger partial charge on any atom is -0.481 e. The van der Waals surface area contributed by atoms with Crippen LogP contribution in [0.25, 0.3) is 0 Å².